The first-order valence-electron chi connectivity index (χ1n) is 7.80. The van der Waals surface area contributed by atoms with E-state index in [0.29, 0.717) is 17.2 Å². The van der Waals surface area contributed by atoms with E-state index >= 15 is 0 Å². The van der Waals surface area contributed by atoms with Gasteiger partial charge in [-0.1, -0.05) is 17.7 Å². The molecule has 8 heteroatoms. The first kappa shape index (κ1) is 15.2. The van der Waals surface area contributed by atoms with Gasteiger partial charge in [-0.05, 0) is 38.0 Å². The van der Waals surface area contributed by atoms with E-state index in [1.54, 1.807) is 27.2 Å². The summed E-state index contributed by atoms with van der Waals surface area (Å²) in [7, 11) is -3.55. The Morgan fingerprint density at radius 1 is 1.12 bits per heavy atom. The van der Waals surface area contributed by atoms with Crippen LogP contribution in [0.2, 0.25) is 0 Å². The number of fused-ring (bicyclic) bond motifs is 1. The van der Waals surface area contributed by atoms with Gasteiger partial charge in [0.25, 0.3) is 5.78 Å². The molecule has 1 aliphatic heterocycles. The number of hydrogen-bond donors (Lipinski definition) is 0. The van der Waals surface area contributed by atoms with Crippen LogP contribution in [0.5, 0.6) is 0 Å². The van der Waals surface area contributed by atoms with Crippen LogP contribution < -0.4 is 0 Å². The van der Waals surface area contributed by atoms with E-state index in [0.717, 1.165) is 24.1 Å². The van der Waals surface area contributed by atoms with Crippen molar-refractivity contribution in [2.75, 3.05) is 6.54 Å². The monoisotopic (exact) mass is 343 g/mol. The standard InChI is InChI=1S/C16H17N5O2S/c1-12-4-6-13(7-5-12)24(22,23)20-10-2-3-14(20)15-8-9-17-16-18-11-19-21(15)16/h4-9,11,14H,2-3,10H2,1H3. The predicted octanol–water partition coefficient (Wildman–Crippen LogP) is 1.96. The maximum Gasteiger partial charge on any atom is 0.252 e. The molecule has 0 saturated carbocycles. The number of sulfonamides is 1. The summed E-state index contributed by atoms with van der Waals surface area (Å²) in [6, 6.07) is 8.52. The molecule has 1 fully saturated rings. The molecule has 0 spiro atoms. The van der Waals surface area contributed by atoms with Crippen LogP contribution in [0.3, 0.4) is 0 Å². The zero-order chi connectivity index (χ0) is 16.7. The van der Waals surface area contributed by atoms with Crippen molar-refractivity contribution < 1.29 is 8.42 Å². The van der Waals surface area contributed by atoms with E-state index in [-0.39, 0.29) is 6.04 Å². The highest BCUT2D eigenvalue weighted by Crippen LogP contribution is 2.36. The number of nitrogens with zero attached hydrogens (tertiary/aromatic N) is 5. The lowest BCUT2D eigenvalue weighted by Crippen LogP contribution is -2.31. The van der Waals surface area contributed by atoms with Crippen molar-refractivity contribution in [1.82, 2.24) is 23.9 Å². The maximum atomic E-state index is 13.1. The van der Waals surface area contributed by atoms with Gasteiger partial charge in [0, 0.05) is 12.7 Å². The Kier molecular flexibility index (Phi) is 3.58. The van der Waals surface area contributed by atoms with Crippen LogP contribution in [-0.2, 0) is 10.0 Å². The summed E-state index contributed by atoms with van der Waals surface area (Å²) in [5.41, 5.74) is 1.83. The second kappa shape index (κ2) is 5.64. The molecule has 7 nitrogen and oxygen atoms in total. The molecule has 0 radical (unpaired) electrons. The van der Waals surface area contributed by atoms with Crippen molar-refractivity contribution in [1.29, 1.82) is 0 Å². The summed E-state index contributed by atoms with van der Waals surface area (Å²) in [6.07, 6.45) is 4.65. The number of rotatable bonds is 3. The zero-order valence-electron chi connectivity index (χ0n) is 13.2. The van der Waals surface area contributed by atoms with E-state index in [9.17, 15) is 8.42 Å². The van der Waals surface area contributed by atoms with Gasteiger partial charge in [-0.25, -0.2) is 13.4 Å². The number of aryl methyl sites for hydroxylation is 1. The van der Waals surface area contributed by atoms with Crippen molar-refractivity contribution >= 4 is 15.8 Å². The molecule has 4 rings (SSSR count). The van der Waals surface area contributed by atoms with E-state index in [1.165, 1.54) is 6.33 Å². The smallest absolute Gasteiger partial charge is 0.220 e. The van der Waals surface area contributed by atoms with Gasteiger partial charge in [0.05, 0.1) is 16.6 Å². The Balaban J connectivity index is 1.78. The summed E-state index contributed by atoms with van der Waals surface area (Å²) >= 11 is 0. The summed E-state index contributed by atoms with van der Waals surface area (Å²) in [5, 5.41) is 4.19. The maximum absolute atomic E-state index is 13.1. The molecule has 0 bridgehead atoms. The lowest BCUT2D eigenvalue weighted by atomic mass is 10.1. The van der Waals surface area contributed by atoms with Crippen LogP contribution in [-0.4, -0.2) is 38.8 Å². The molecule has 1 atom stereocenters. The van der Waals surface area contributed by atoms with Crippen molar-refractivity contribution in [3.63, 3.8) is 0 Å². The summed E-state index contributed by atoms with van der Waals surface area (Å²) in [5.74, 6) is 0.479. The van der Waals surface area contributed by atoms with Crippen molar-refractivity contribution in [2.24, 2.45) is 0 Å². The highest BCUT2D eigenvalue weighted by Gasteiger charge is 2.37. The average Bonchev–Trinajstić information content (AvgIpc) is 3.24. The van der Waals surface area contributed by atoms with Crippen molar-refractivity contribution in [3.05, 3.63) is 54.1 Å². The van der Waals surface area contributed by atoms with Crippen LogP contribution >= 0.6 is 0 Å². The van der Waals surface area contributed by atoms with Gasteiger partial charge >= 0.3 is 0 Å². The third-order valence-electron chi connectivity index (χ3n) is 4.38. The second-order valence-electron chi connectivity index (χ2n) is 5.93. The topological polar surface area (TPSA) is 80.5 Å². The number of aromatic nitrogens is 4. The minimum absolute atomic E-state index is 0.261. The molecule has 1 unspecified atom stereocenters. The first-order chi connectivity index (χ1) is 11.6. The van der Waals surface area contributed by atoms with E-state index < -0.39 is 10.0 Å². The van der Waals surface area contributed by atoms with Gasteiger partial charge in [0.2, 0.25) is 10.0 Å². The lowest BCUT2D eigenvalue weighted by molar-refractivity contribution is 0.385. The summed E-state index contributed by atoms with van der Waals surface area (Å²) in [4.78, 5) is 8.55. The largest absolute Gasteiger partial charge is 0.252 e. The van der Waals surface area contributed by atoms with Gasteiger partial charge < -0.3 is 0 Å². The molecule has 0 aliphatic carbocycles. The zero-order valence-corrected chi connectivity index (χ0v) is 14.0. The van der Waals surface area contributed by atoms with Gasteiger partial charge in [0.15, 0.2) is 0 Å². The van der Waals surface area contributed by atoms with Crippen LogP contribution in [0.15, 0.2) is 47.8 Å². The average molecular weight is 343 g/mol. The molecule has 1 saturated heterocycles. The third-order valence-corrected chi connectivity index (χ3v) is 6.30. The van der Waals surface area contributed by atoms with Gasteiger partial charge in [-0.2, -0.15) is 18.9 Å². The highest BCUT2D eigenvalue weighted by atomic mass is 32.2. The molecular weight excluding hydrogens is 326 g/mol. The SMILES string of the molecule is Cc1ccc(S(=O)(=O)N2CCCC2c2ccnc3ncnn23)cc1. The molecule has 24 heavy (non-hydrogen) atoms. The Hall–Kier alpha value is -2.32. The van der Waals surface area contributed by atoms with Crippen LogP contribution in [0.4, 0.5) is 0 Å². The molecule has 0 amide bonds. The molecule has 1 aromatic carbocycles. The molecular formula is C16H17N5O2S. The minimum Gasteiger partial charge on any atom is -0.220 e. The van der Waals surface area contributed by atoms with Gasteiger partial charge in [-0.3, -0.25) is 0 Å². The van der Waals surface area contributed by atoms with Gasteiger partial charge in [0.1, 0.15) is 6.33 Å². The fraction of sp³-hybridized carbons (Fsp3) is 0.312. The number of benzene rings is 1. The Morgan fingerprint density at radius 3 is 2.71 bits per heavy atom. The minimum atomic E-state index is -3.55. The second-order valence-corrected chi connectivity index (χ2v) is 7.82. The fourth-order valence-corrected chi connectivity index (χ4v) is 4.85. The molecule has 0 N–H and O–H groups in total. The quantitative estimate of drug-likeness (QED) is 0.726. The van der Waals surface area contributed by atoms with E-state index in [4.69, 9.17) is 0 Å². The molecule has 2 aromatic heterocycles. The Morgan fingerprint density at radius 2 is 1.92 bits per heavy atom. The molecule has 124 valence electrons. The van der Waals surface area contributed by atoms with E-state index in [2.05, 4.69) is 15.1 Å². The lowest BCUT2D eigenvalue weighted by Gasteiger charge is -2.24. The van der Waals surface area contributed by atoms with Crippen molar-refractivity contribution in [2.45, 2.75) is 30.7 Å². The van der Waals surface area contributed by atoms with E-state index in [1.807, 2.05) is 25.1 Å². The van der Waals surface area contributed by atoms with Crippen LogP contribution in [0.25, 0.3) is 5.78 Å². The molecule has 3 heterocycles. The Bertz CT molecular complexity index is 981. The fourth-order valence-electron chi connectivity index (χ4n) is 3.18. The third kappa shape index (κ3) is 2.38. The van der Waals surface area contributed by atoms with Crippen LogP contribution in [0.1, 0.15) is 30.1 Å². The highest BCUT2D eigenvalue weighted by molar-refractivity contribution is 7.89. The number of hydrogen-bond acceptors (Lipinski definition) is 5. The normalized spacial score (nSPS) is 19.1. The predicted molar refractivity (Wildman–Crippen MR) is 87.8 cm³/mol. The molecule has 1 aliphatic rings. The molecule has 3 aromatic rings. The van der Waals surface area contributed by atoms with Gasteiger partial charge in [-0.15, -0.1) is 0 Å². The summed E-state index contributed by atoms with van der Waals surface area (Å²) in [6.45, 7) is 2.44. The summed E-state index contributed by atoms with van der Waals surface area (Å²) < 4.78 is 29.3. The first-order valence-corrected chi connectivity index (χ1v) is 9.24. The van der Waals surface area contributed by atoms with Crippen LogP contribution in [0, 0.1) is 6.92 Å². The Labute approximate surface area is 140 Å². The van der Waals surface area contributed by atoms with Crippen molar-refractivity contribution in [3.8, 4) is 0 Å².